The Morgan fingerprint density at radius 2 is 2.12 bits per heavy atom. The van der Waals surface area contributed by atoms with Crippen molar-refractivity contribution in [1.82, 2.24) is 15.5 Å². The SMILES string of the molecule is Fc1ccc(Br)c(OC2CCN(c3noc(C4=C[N]C=C4)n3)CC2)c1. The number of nitrogens with zero attached hydrogens (tertiary/aromatic N) is 4. The lowest BCUT2D eigenvalue weighted by atomic mass is 10.1. The van der Waals surface area contributed by atoms with E-state index in [9.17, 15) is 4.39 Å². The highest BCUT2D eigenvalue weighted by Crippen LogP contribution is 2.29. The smallest absolute Gasteiger partial charge is 0.266 e. The molecule has 0 bridgehead atoms. The molecular formula is C17H15BrFN4O2. The monoisotopic (exact) mass is 405 g/mol. The summed E-state index contributed by atoms with van der Waals surface area (Å²) >= 11 is 3.39. The fourth-order valence-corrected chi connectivity index (χ4v) is 3.14. The van der Waals surface area contributed by atoms with Crippen LogP contribution in [0.1, 0.15) is 18.7 Å². The predicted octanol–water partition coefficient (Wildman–Crippen LogP) is 3.49. The van der Waals surface area contributed by atoms with E-state index in [4.69, 9.17) is 9.26 Å². The summed E-state index contributed by atoms with van der Waals surface area (Å²) in [4.78, 5) is 6.48. The molecule has 1 aromatic carbocycles. The van der Waals surface area contributed by atoms with Gasteiger partial charge in [0, 0.05) is 44.4 Å². The zero-order valence-electron chi connectivity index (χ0n) is 13.2. The molecule has 2 aliphatic heterocycles. The van der Waals surface area contributed by atoms with E-state index < -0.39 is 0 Å². The van der Waals surface area contributed by atoms with Crippen molar-refractivity contribution in [2.24, 2.45) is 0 Å². The maximum Gasteiger partial charge on any atom is 0.266 e. The quantitative estimate of drug-likeness (QED) is 0.778. The summed E-state index contributed by atoms with van der Waals surface area (Å²) < 4.78 is 25.3. The number of hydrogen-bond donors (Lipinski definition) is 0. The van der Waals surface area contributed by atoms with Crippen molar-refractivity contribution in [2.45, 2.75) is 18.9 Å². The highest BCUT2D eigenvalue weighted by molar-refractivity contribution is 9.10. The van der Waals surface area contributed by atoms with E-state index in [-0.39, 0.29) is 11.9 Å². The van der Waals surface area contributed by atoms with Crippen LogP contribution in [0.15, 0.2) is 45.7 Å². The molecule has 0 saturated carbocycles. The topological polar surface area (TPSA) is 65.5 Å². The number of rotatable bonds is 4. The lowest BCUT2D eigenvalue weighted by Crippen LogP contribution is -2.38. The first-order chi connectivity index (χ1) is 12.2. The van der Waals surface area contributed by atoms with Crippen molar-refractivity contribution < 1.29 is 13.7 Å². The molecule has 129 valence electrons. The number of ether oxygens (including phenoxy) is 1. The van der Waals surface area contributed by atoms with E-state index in [1.807, 2.05) is 6.08 Å². The van der Waals surface area contributed by atoms with E-state index in [0.717, 1.165) is 36.0 Å². The van der Waals surface area contributed by atoms with Gasteiger partial charge in [0.15, 0.2) is 0 Å². The standard InChI is InChI=1S/C17H15BrFN4O2/c18-14-2-1-12(19)9-15(14)24-13-4-7-23(8-5-13)17-21-16(25-22-17)11-3-6-20-10-11/h1-3,6,9-10,13H,4-5,7-8H2. The summed E-state index contributed by atoms with van der Waals surface area (Å²) in [6.07, 6.45) is 6.82. The van der Waals surface area contributed by atoms with Crippen LogP contribution in [0, 0.1) is 5.82 Å². The van der Waals surface area contributed by atoms with Crippen LogP contribution in [0.4, 0.5) is 10.3 Å². The second-order valence-electron chi connectivity index (χ2n) is 5.83. The Hall–Kier alpha value is -2.35. The van der Waals surface area contributed by atoms with Crippen molar-refractivity contribution in [3.63, 3.8) is 0 Å². The van der Waals surface area contributed by atoms with Gasteiger partial charge in [-0.3, -0.25) is 5.32 Å². The Bertz CT molecular complexity index is 828. The number of halogens is 2. The average molecular weight is 406 g/mol. The molecule has 8 heteroatoms. The molecule has 2 aromatic rings. The van der Waals surface area contributed by atoms with Crippen LogP contribution >= 0.6 is 15.9 Å². The fraction of sp³-hybridized carbons (Fsp3) is 0.294. The molecule has 0 unspecified atom stereocenters. The van der Waals surface area contributed by atoms with Crippen molar-refractivity contribution in [1.29, 1.82) is 0 Å². The minimum Gasteiger partial charge on any atom is -0.489 e. The molecule has 2 aliphatic rings. The van der Waals surface area contributed by atoms with Gasteiger partial charge in [-0.2, -0.15) is 4.98 Å². The van der Waals surface area contributed by atoms with E-state index >= 15 is 0 Å². The molecule has 1 fully saturated rings. The number of anilines is 1. The van der Waals surface area contributed by atoms with Crippen LogP contribution in [0.2, 0.25) is 0 Å². The van der Waals surface area contributed by atoms with Gasteiger partial charge in [-0.15, -0.1) is 0 Å². The molecule has 3 heterocycles. The molecule has 4 rings (SSSR count). The van der Waals surface area contributed by atoms with Gasteiger partial charge in [0.05, 0.1) is 10.0 Å². The Labute approximate surface area is 152 Å². The first-order valence-electron chi connectivity index (χ1n) is 7.96. The van der Waals surface area contributed by atoms with Crippen LogP contribution < -0.4 is 15.0 Å². The van der Waals surface area contributed by atoms with Crippen LogP contribution in [0.3, 0.4) is 0 Å². The number of benzene rings is 1. The molecule has 1 radical (unpaired) electrons. The minimum absolute atomic E-state index is 0.0278. The Morgan fingerprint density at radius 3 is 2.88 bits per heavy atom. The van der Waals surface area contributed by atoms with Crippen LogP contribution in [-0.2, 0) is 0 Å². The van der Waals surface area contributed by atoms with Gasteiger partial charge in [-0.05, 0) is 39.3 Å². The molecule has 6 nitrogen and oxygen atoms in total. The maximum absolute atomic E-state index is 13.4. The maximum atomic E-state index is 13.4. The summed E-state index contributed by atoms with van der Waals surface area (Å²) in [6, 6.07) is 4.45. The second kappa shape index (κ2) is 6.87. The second-order valence-corrected chi connectivity index (χ2v) is 6.68. The van der Waals surface area contributed by atoms with E-state index in [1.165, 1.54) is 12.1 Å². The molecule has 0 amide bonds. The summed E-state index contributed by atoms with van der Waals surface area (Å²) in [7, 11) is 0. The normalized spacial score (nSPS) is 17.5. The number of piperidine rings is 1. The van der Waals surface area contributed by atoms with E-state index in [2.05, 4.69) is 36.3 Å². The van der Waals surface area contributed by atoms with Gasteiger partial charge in [-0.1, -0.05) is 0 Å². The number of aromatic nitrogens is 2. The highest BCUT2D eigenvalue weighted by atomic mass is 79.9. The third-order valence-electron chi connectivity index (χ3n) is 4.13. The third kappa shape index (κ3) is 3.53. The molecule has 0 atom stereocenters. The molecule has 0 N–H and O–H groups in total. The first-order valence-corrected chi connectivity index (χ1v) is 8.76. The zero-order chi connectivity index (χ0) is 17.2. The van der Waals surface area contributed by atoms with Crippen LogP contribution in [-0.4, -0.2) is 29.3 Å². The zero-order valence-corrected chi connectivity index (χ0v) is 14.8. The number of hydrogen-bond acceptors (Lipinski definition) is 5. The highest BCUT2D eigenvalue weighted by Gasteiger charge is 2.25. The summed E-state index contributed by atoms with van der Waals surface area (Å²) in [5.74, 6) is 1.26. The molecule has 0 spiro atoms. The third-order valence-corrected chi connectivity index (χ3v) is 4.78. The largest absolute Gasteiger partial charge is 0.489 e. The lowest BCUT2D eigenvalue weighted by Gasteiger charge is -2.31. The fourth-order valence-electron chi connectivity index (χ4n) is 2.80. The minimum atomic E-state index is -0.308. The summed E-state index contributed by atoms with van der Waals surface area (Å²) in [5.41, 5.74) is 0.813. The van der Waals surface area contributed by atoms with Crippen molar-refractivity contribution in [2.75, 3.05) is 18.0 Å². The average Bonchev–Trinajstić information content (AvgIpc) is 3.30. The Morgan fingerprint density at radius 1 is 1.28 bits per heavy atom. The molecule has 1 aromatic heterocycles. The Balaban J connectivity index is 1.37. The van der Waals surface area contributed by atoms with Crippen molar-refractivity contribution in [3.8, 4) is 5.75 Å². The predicted molar refractivity (Wildman–Crippen MR) is 93.5 cm³/mol. The van der Waals surface area contributed by atoms with Crippen molar-refractivity contribution in [3.05, 3.63) is 52.9 Å². The van der Waals surface area contributed by atoms with E-state index in [0.29, 0.717) is 17.6 Å². The summed E-state index contributed by atoms with van der Waals surface area (Å²) in [6.45, 7) is 1.49. The number of allylic oxidation sites excluding steroid dienone is 2. The van der Waals surface area contributed by atoms with Crippen LogP contribution in [0.5, 0.6) is 5.75 Å². The van der Waals surface area contributed by atoms with Crippen LogP contribution in [0.25, 0.3) is 5.57 Å². The van der Waals surface area contributed by atoms with Gasteiger partial charge >= 0.3 is 0 Å². The summed E-state index contributed by atoms with van der Waals surface area (Å²) in [5, 5.41) is 8.04. The first kappa shape index (κ1) is 16.1. The molecule has 25 heavy (non-hydrogen) atoms. The van der Waals surface area contributed by atoms with E-state index in [1.54, 1.807) is 18.5 Å². The molecule has 1 saturated heterocycles. The van der Waals surface area contributed by atoms with Gasteiger partial charge in [0.1, 0.15) is 17.7 Å². The van der Waals surface area contributed by atoms with Gasteiger partial charge in [0.25, 0.3) is 11.8 Å². The lowest BCUT2D eigenvalue weighted by molar-refractivity contribution is 0.168. The Kier molecular flexibility index (Phi) is 4.44. The molecular weight excluding hydrogens is 391 g/mol. The molecule has 0 aliphatic carbocycles. The van der Waals surface area contributed by atoms with Gasteiger partial charge in [0.2, 0.25) is 0 Å². The van der Waals surface area contributed by atoms with Gasteiger partial charge < -0.3 is 14.2 Å². The van der Waals surface area contributed by atoms with Gasteiger partial charge in [-0.25, -0.2) is 4.39 Å². The van der Waals surface area contributed by atoms with Crippen molar-refractivity contribution >= 4 is 27.5 Å².